The lowest BCUT2D eigenvalue weighted by molar-refractivity contribution is 0.0892. The zero-order valence-electron chi connectivity index (χ0n) is 12.3. The minimum Gasteiger partial charge on any atom is -0.383 e. The molecule has 0 bridgehead atoms. The fourth-order valence-electron chi connectivity index (χ4n) is 2.08. The van der Waals surface area contributed by atoms with Gasteiger partial charge in [0.2, 0.25) is 0 Å². The summed E-state index contributed by atoms with van der Waals surface area (Å²) in [5, 5.41) is 5.79. The molecule has 1 rings (SSSR count). The average molecular weight is 282 g/mol. The van der Waals surface area contributed by atoms with E-state index in [0.29, 0.717) is 18.7 Å². The van der Waals surface area contributed by atoms with E-state index in [1.54, 1.807) is 13.2 Å². The molecule has 0 aliphatic heterocycles. The van der Waals surface area contributed by atoms with Crippen LogP contribution in [-0.4, -0.2) is 32.2 Å². The number of hydrogen-bond acceptors (Lipinski definition) is 3. The SMILES string of the molecule is CCCC(COC)NC(=O)c1cccc(F)c1NCC. The van der Waals surface area contributed by atoms with E-state index < -0.39 is 5.82 Å². The van der Waals surface area contributed by atoms with Gasteiger partial charge in [0.25, 0.3) is 5.91 Å². The summed E-state index contributed by atoms with van der Waals surface area (Å²) in [6.45, 7) is 4.91. The molecule has 1 atom stereocenters. The van der Waals surface area contributed by atoms with Gasteiger partial charge in [-0.2, -0.15) is 0 Å². The Morgan fingerprint density at radius 1 is 1.40 bits per heavy atom. The standard InChI is InChI=1S/C15H23FN2O2/c1-4-7-11(10-20-3)18-15(19)12-8-6-9-13(16)14(12)17-5-2/h6,8-9,11,17H,4-5,7,10H2,1-3H3,(H,18,19). The molecule has 0 aliphatic rings. The summed E-state index contributed by atoms with van der Waals surface area (Å²) in [7, 11) is 1.60. The molecule has 4 nitrogen and oxygen atoms in total. The van der Waals surface area contributed by atoms with Gasteiger partial charge in [-0.05, 0) is 25.5 Å². The number of methoxy groups -OCH3 is 1. The van der Waals surface area contributed by atoms with Crippen molar-refractivity contribution < 1.29 is 13.9 Å². The van der Waals surface area contributed by atoms with Crippen molar-refractivity contribution in [2.75, 3.05) is 25.6 Å². The molecule has 0 heterocycles. The first-order valence-electron chi connectivity index (χ1n) is 6.96. The molecule has 2 N–H and O–H groups in total. The fourth-order valence-corrected chi connectivity index (χ4v) is 2.08. The number of benzene rings is 1. The number of para-hydroxylation sites is 1. The molecule has 1 aromatic rings. The van der Waals surface area contributed by atoms with Gasteiger partial charge in [0.15, 0.2) is 0 Å². The Bertz CT molecular complexity index is 432. The number of hydrogen-bond donors (Lipinski definition) is 2. The lowest BCUT2D eigenvalue weighted by Crippen LogP contribution is -2.38. The van der Waals surface area contributed by atoms with Crippen LogP contribution in [0, 0.1) is 5.82 Å². The molecule has 20 heavy (non-hydrogen) atoms. The number of halogens is 1. The molecule has 1 aromatic carbocycles. The van der Waals surface area contributed by atoms with E-state index in [0.717, 1.165) is 12.8 Å². The molecular weight excluding hydrogens is 259 g/mol. The fraction of sp³-hybridized carbons (Fsp3) is 0.533. The first kappa shape index (κ1) is 16.4. The van der Waals surface area contributed by atoms with Crippen LogP contribution in [-0.2, 0) is 4.74 Å². The Morgan fingerprint density at radius 3 is 2.75 bits per heavy atom. The number of amides is 1. The molecule has 0 aromatic heterocycles. The number of nitrogens with one attached hydrogen (secondary N) is 2. The van der Waals surface area contributed by atoms with Gasteiger partial charge in [-0.3, -0.25) is 4.79 Å². The summed E-state index contributed by atoms with van der Waals surface area (Å²) >= 11 is 0. The van der Waals surface area contributed by atoms with Crippen molar-refractivity contribution in [1.82, 2.24) is 5.32 Å². The minimum absolute atomic E-state index is 0.0600. The van der Waals surface area contributed by atoms with E-state index in [1.807, 2.05) is 13.8 Å². The Labute approximate surface area is 119 Å². The number of carbonyl (C=O) groups is 1. The quantitative estimate of drug-likeness (QED) is 0.771. The number of anilines is 1. The maximum atomic E-state index is 13.8. The molecule has 0 saturated carbocycles. The Morgan fingerprint density at radius 2 is 2.15 bits per heavy atom. The molecule has 1 unspecified atom stereocenters. The molecule has 0 radical (unpaired) electrons. The lowest BCUT2D eigenvalue weighted by atomic mass is 10.1. The maximum Gasteiger partial charge on any atom is 0.253 e. The van der Waals surface area contributed by atoms with E-state index in [4.69, 9.17) is 4.74 Å². The first-order chi connectivity index (χ1) is 9.63. The summed E-state index contributed by atoms with van der Waals surface area (Å²) in [5.74, 6) is -0.700. The lowest BCUT2D eigenvalue weighted by Gasteiger charge is -2.18. The average Bonchev–Trinajstić information content (AvgIpc) is 2.41. The second-order valence-electron chi connectivity index (χ2n) is 4.61. The van der Waals surface area contributed by atoms with Gasteiger partial charge >= 0.3 is 0 Å². The van der Waals surface area contributed by atoms with Crippen LogP contribution < -0.4 is 10.6 Å². The normalized spacial score (nSPS) is 12.0. The minimum atomic E-state index is -0.418. The molecular formula is C15H23FN2O2. The molecule has 0 spiro atoms. The molecule has 0 aliphatic carbocycles. The Balaban J connectivity index is 2.87. The van der Waals surface area contributed by atoms with Crippen molar-refractivity contribution in [2.24, 2.45) is 0 Å². The smallest absolute Gasteiger partial charge is 0.253 e. The van der Waals surface area contributed by atoms with E-state index in [-0.39, 0.29) is 17.6 Å². The van der Waals surface area contributed by atoms with Crippen LogP contribution in [0.5, 0.6) is 0 Å². The van der Waals surface area contributed by atoms with Crippen molar-refractivity contribution in [3.8, 4) is 0 Å². The molecule has 1 amide bonds. The highest BCUT2D eigenvalue weighted by Gasteiger charge is 2.17. The second-order valence-corrected chi connectivity index (χ2v) is 4.61. The molecule has 5 heteroatoms. The van der Waals surface area contributed by atoms with Gasteiger partial charge in [-0.1, -0.05) is 19.4 Å². The highest BCUT2D eigenvalue weighted by atomic mass is 19.1. The maximum absolute atomic E-state index is 13.8. The first-order valence-corrected chi connectivity index (χ1v) is 6.96. The van der Waals surface area contributed by atoms with Crippen LogP contribution in [0.4, 0.5) is 10.1 Å². The summed E-state index contributed by atoms with van der Waals surface area (Å²) in [5.41, 5.74) is 0.573. The Hall–Kier alpha value is -1.62. The highest BCUT2D eigenvalue weighted by molar-refractivity contribution is 5.99. The largest absolute Gasteiger partial charge is 0.383 e. The molecule has 0 saturated heterocycles. The Kier molecular flexibility index (Phi) is 7.01. The predicted molar refractivity (Wildman–Crippen MR) is 78.6 cm³/mol. The highest BCUT2D eigenvalue weighted by Crippen LogP contribution is 2.20. The van der Waals surface area contributed by atoms with Gasteiger partial charge in [0, 0.05) is 13.7 Å². The zero-order chi connectivity index (χ0) is 15.0. The third-order valence-corrected chi connectivity index (χ3v) is 2.95. The van der Waals surface area contributed by atoms with E-state index >= 15 is 0 Å². The van der Waals surface area contributed by atoms with Gasteiger partial charge in [-0.15, -0.1) is 0 Å². The van der Waals surface area contributed by atoms with Crippen molar-refractivity contribution in [2.45, 2.75) is 32.7 Å². The van der Waals surface area contributed by atoms with Gasteiger partial charge in [-0.25, -0.2) is 4.39 Å². The van der Waals surface area contributed by atoms with Crippen LogP contribution in [0.1, 0.15) is 37.0 Å². The third-order valence-electron chi connectivity index (χ3n) is 2.95. The summed E-state index contributed by atoms with van der Waals surface area (Å²) < 4.78 is 18.9. The summed E-state index contributed by atoms with van der Waals surface area (Å²) in [4.78, 5) is 12.3. The third kappa shape index (κ3) is 4.49. The van der Waals surface area contributed by atoms with Crippen LogP contribution in [0.15, 0.2) is 18.2 Å². The van der Waals surface area contributed by atoms with Crippen molar-refractivity contribution in [1.29, 1.82) is 0 Å². The number of rotatable bonds is 8. The molecule has 0 fully saturated rings. The number of carbonyl (C=O) groups excluding carboxylic acids is 1. The van der Waals surface area contributed by atoms with E-state index in [1.165, 1.54) is 12.1 Å². The van der Waals surface area contributed by atoms with Crippen LogP contribution >= 0.6 is 0 Å². The predicted octanol–water partition coefficient (Wildman–Crippen LogP) is 2.80. The van der Waals surface area contributed by atoms with Crippen LogP contribution in [0.25, 0.3) is 0 Å². The van der Waals surface area contributed by atoms with Crippen LogP contribution in [0.3, 0.4) is 0 Å². The molecule has 112 valence electrons. The van der Waals surface area contributed by atoms with Gasteiger partial charge < -0.3 is 15.4 Å². The van der Waals surface area contributed by atoms with Gasteiger partial charge in [0.1, 0.15) is 5.82 Å². The topological polar surface area (TPSA) is 50.4 Å². The van der Waals surface area contributed by atoms with Crippen LogP contribution in [0.2, 0.25) is 0 Å². The zero-order valence-corrected chi connectivity index (χ0v) is 12.3. The summed E-state index contributed by atoms with van der Waals surface area (Å²) in [6, 6.07) is 4.44. The van der Waals surface area contributed by atoms with Crippen molar-refractivity contribution >= 4 is 11.6 Å². The van der Waals surface area contributed by atoms with E-state index in [2.05, 4.69) is 10.6 Å². The van der Waals surface area contributed by atoms with Gasteiger partial charge in [0.05, 0.1) is 23.9 Å². The van der Waals surface area contributed by atoms with E-state index in [9.17, 15) is 9.18 Å². The monoisotopic (exact) mass is 282 g/mol. The summed E-state index contributed by atoms with van der Waals surface area (Å²) in [6.07, 6.45) is 1.77. The number of ether oxygens (including phenoxy) is 1. The van der Waals surface area contributed by atoms with Crippen molar-refractivity contribution in [3.63, 3.8) is 0 Å². The second kappa shape index (κ2) is 8.53. The van der Waals surface area contributed by atoms with Crippen molar-refractivity contribution in [3.05, 3.63) is 29.6 Å².